The Morgan fingerprint density at radius 1 is 0.311 bits per heavy atom. The van der Waals surface area contributed by atoms with Gasteiger partial charge in [0.25, 0.3) is 0 Å². The molecule has 0 rings (SSSR count). The van der Waals surface area contributed by atoms with Gasteiger partial charge in [0, 0.05) is 12.8 Å². The molecule has 6 nitrogen and oxygen atoms in total. The maximum absolute atomic E-state index is 12.5. The third kappa shape index (κ3) is 74.9. The molecule has 0 aromatic rings. The van der Waals surface area contributed by atoms with Crippen LogP contribution in [0.4, 0.5) is 0 Å². The smallest absolute Gasteiger partial charge is 0.305 e. The van der Waals surface area contributed by atoms with Crippen molar-refractivity contribution < 1.29 is 24.5 Å². The lowest BCUT2D eigenvalue weighted by atomic mass is 10.0. The zero-order chi connectivity index (χ0) is 64.9. The van der Waals surface area contributed by atoms with Gasteiger partial charge >= 0.3 is 5.97 Å². The minimum absolute atomic E-state index is 0.0203. The van der Waals surface area contributed by atoms with Crippen LogP contribution in [0.15, 0.2) is 48.6 Å². The maximum Gasteiger partial charge on any atom is 0.305 e. The van der Waals surface area contributed by atoms with Gasteiger partial charge in [0.15, 0.2) is 0 Å². The van der Waals surface area contributed by atoms with E-state index >= 15 is 0 Å². The summed E-state index contributed by atoms with van der Waals surface area (Å²) in [5, 5.41) is 23.2. The van der Waals surface area contributed by atoms with Crippen LogP contribution in [0.2, 0.25) is 0 Å². The fourth-order valence-electron chi connectivity index (χ4n) is 12.8. The van der Waals surface area contributed by atoms with Crippen LogP contribution in [0.1, 0.15) is 450 Å². The van der Waals surface area contributed by atoms with Gasteiger partial charge < -0.3 is 20.3 Å². The summed E-state index contributed by atoms with van der Waals surface area (Å²) >= 11 is 0. The van der Waals surface area contributed by atoms with Crippen molar-refractivity contribution in [2.45, 2.75) is 463 Å². The third-order valence-electron chi connectivity index (χ3n) is 19.1. The molecule has 0 bridgehead atoms. The molecule has 2 atom stereocenters. The highest BCUT2D eigenvalue weighted by Crippen LogP contribution is 2.19. The fourth-order valence-corrected chi connectivity index (χ4v) is 12.8. The Morgan fingerprint density at radius 2 is 0.556 bits per heavy atom. The molecule has 0 aliphatic heterocycles. The summed E-state index contributed by atoms with van der Waals surface area (Å²) in [6.07, 6.45) is 105. The maximum atomic E-state index is 12.5. The molecule has 0 fully saturated rings. The quantitative estimate of drug-likeness (QED) is 0.0320. The molecule has 0 aliphatic carbocycles. The number of amides is 1. The lowest BCUT2D eigenvalue weighted by Gasteiger charge is -2.20. The zero-order valence-electron chi connectivity index (χ0n) is 60.9. The Bertz CT molecular complexity index is 1500. The van der Waals surface area contributed by atoms with Crippen LogP contribution >= 0.6 is 0 Å². The van der Waals surface area contributed by atoms with Crippen molar-refractivity contribution in [2.24, 2.45) is 0 Å². The van der Waals surface area contributed by atoms with E-state index in [0.717, 1.165) is 44.9 Å². The van der Waals surface area contributed by atoms with Crippen LogP contribution < -0.4 is 5.32 Å². The van der Waals surface area contributed by atoms with Gasteiger partial charge in [-0.25, -0.2) is 0 Å². The molecule has 90 heavy (non-hydrogen) atoms. The third-order valence-corrected chi connectivity index (χ3v) is 19.1. The van der Waals surface area contributed by atoms with Crippen molar-refractivity contribution in [3.63, 3.8) is 0 Å². The van der Waals surface area contributed by atoms with Gasteiger partial charge in [-0.05, 0) is 89.9 Å². The Hall–Kier alpha value is -2.18. The molecular weight excluding hydrogens is 1100 g/mol. The summed E-state index contributed by atoms with van der Waals surface area (Å²) < 4.78 is 5.52. The van der Waals surface area contributed by atoms with E-state index in [9.17, 15) is 19.8 Å². The van der Waals surface area contributed by atoms with Crippen LogP contribution in [0.3, 0.4) is 0 Å². The number of carbonyl (C=O) groups is 2. The number of carbonyl (C=O) groups excluding carboxylic acids is 2. The predicted molar refractivity (Wildman–Crippen MR) is 398 cm³/mol. The second kappa shape index (κ2) is 79.3. The van der Waals surface area contributed by atoms with Crippen molar-refractivity contribution in [3.8, 4) is 0 Å². The fraction of sp³-hybridized carbons (Fsp3) is 0.881. The van der Waals surface area contributed by atoms with Gasteiger partial charge in [-0.15, -0.1) is 0 Å². The summed E-state index contributed by atoms with van der Waals surface area (Å²) in [7, 11) is 0. The first-order valence-corrected chi connectivity index (χ1v) is 40.9. The SMILES string of the molecule is CCCCCCCC/C=C\CCCCCCCCCCCC(=O)OCCCCCCCCCCCCCCCCC/C=C\C/C=C\CCCCCCCCCCCCCCCCCCCC(=O)NC(CO)C(O)/C=C/CCCCCCCCCCCCCCC. The van der Waals surface area contributed by atoms with Gasteiger partial charge in [0.1, 0.15) is 0 Å². The van der Waals surface area contributed by atoms with Crippen LogP contribution in [0, 0.1) is 0 Å². The van der Waals surface area contributed by atoms with E-state index in [0.29, 0.717) is 19.4 Å². The second-order valence-corrected chi connectivity index (χ2v) is 28.1. The second-order valence-electron chi connectivity index (χ2n) is 28.1. The highest BCUT2D eigenvalue weighted by molar-refractivity contribution is 5.76. The minimum atomic E-state index is -0.843. The standard InChI is InChI=1S/C84H159NO5/c1-3-5-7-9-11-13-15-17-19-20-42-46-50-54-58-62-66-70-74-78-84(89)90-79-75-71-67-63-59-55-51-47-44-41-39-37-35-33-31-29-27-25-23-21-22-24-26-28-30-32-34-36-38-40-43-45-49-53-57-61-65-69-73-77-83(88)85-81(80-86)82(87)76-72-68-64-60-56-52-48-18-16-14-12-10-8-6-4-2/h17,19,21-22,25,27,72,76,81-82,86-87H,3-16,18,20,23-24,26,28-71,73-75,77-80H2,1-2H3,(H,85,88)/b19-17-,22-21-,27-25-,76-72+. The molecule has 1 amide bonds. The summed E-state index contributed by atoms with van der Waals surface area (Å²) in [5.41, 5.74) is 0. The number of rotatable bonds is 77. The molecule has 530 valence electrons. The van der Waals surface area contributed by atoms with E-state index in [2.05, 4.69) is 55.6 Å². The van der Waals surface area contributed by atoms with Crippen LogP contribution in [0.25, 0.3) is 0 Å². The predicted octanol–water partition coefficient (Wildman–Crippen LogP) is 27.2. The van der Waals surface area contributed by atoms with Crippen molar-refractivity contribution in [3.05, 3.63) is 48.6 Å². The number of aliphatic hydroxyl groups is 2. The molecule has 6 heteroatoms. The molecule has 0 saturated carbocycles. The molecule has 0 radical (unpaired) electrons. The van der Waals surface area contributed by atoms with Gasteiger partial charge in [0.2, 0.25) is 5.91 Å². The first-order chi connectivity index (χ1) is 44.5. The summed E-state index contributed by atoms with van der Waals surface area (Å²) in [4.78, 5) is 24.6. The summed E-state index contributed by atoms with van der Waals surface area (Å²) in [5.74, 6) is -0.0421. The van der Waals surface area contributed by atoms with E-state index in [-0.39, 0.29) is 18.5 Å². The Morgan fingerprint density at radius 3 is 0.856 bits per heavy atom. The lowest BCUT2D eigenvalue weighted by Crippen LogP contribution is -2.45. The van der Waals surface area contributed by atoms with Crippen molar-refractivity contribution in [1.29, 1.82) is 0 Å². The molecular formula is C84H159NO5. The highest BCUT2D eigenvalue weighted by atomic mass is 16.5. The van der Waals surface area contributed by atoms with Crippen molar-refractivity contribution >= 4 is 11.9 Å². The molecule has 0 heterocycles. The Balaban J connectivity index is 3.35. The molecule has 0 saturated heterocycles. The molecule has 0 aromatic heterocycles. The van der Waals surface area contributed by atoms with E-state index in [1.165, 1.54) is 379 Å². The van der Waals surface area contributed by atoms with E-state index in [1.54, 1.807) is 6.08 Å². The topological polar surface area (TPSA) is 95.9 Å². The largest absolute Gasteiger partial charge is 0.466 e. The number of hydrogen-bond acceptors (Lipinski definition) is 5. The summed E-state index contributed by atoms with van der Waals surface area (Å²) in [6.45, 7) is 4.94. The Kier molecular flexibility index (Phi) is 77.3. The normalized spacial score (nSPS) is 12.7. The monoisotopic (exact) mass is 1260 g/mol. The molecule has 3 N–H and O–H groups in total. The molecule has 0 aromatic carbocycles. The first-order valence-electron chi connectivity index (χ1n) is 40.9. The first kappa shape index (κ1) is 87.8. The number of nitrogens with one attached hydrogen (secondary N) is 1. The number of hydrogen-bond donors (Lipinski definition) is 3. The lowest BCUT2D eigenvalue weighted by molar-refractivity contribution is -0.143. The van der Waals surface area contributed by atoms with Crippen LogP contribution in [-0.4, -0.2) is 47.4 Å². The van der Waals surface area contributed by atoms with E-state index in [4.69, 9.17) is 4.74 Å². The average Bonchev–Trinajstić information content (AvgIpc) is 3.68. The number of unbranched alkanes of at least 4 members (excludes halogenated alkanes) is 60. The average molecular weight is 1260 g/mol. The van der Waals surface area contributed by atoms with Gasteiger partial charge in [-0.3, -0.25) is 9.59 Å². The highest BCUT2D eigenvalue weighted by Gasteiger charge is 2.18. The minimum Gasteiger partial charge on any atom is -0.466 e. The van der Waals surface area contributed by atoms with Crippen molar-refractivity contribution in [1.82, 2.24) is 5.32 Å². The van der Waals surface area contributed by atoms with Gasteiger partial charge in [-0.2, -0.15) is 0 Å². The molecule has 0 spiro atoms. The summed E-state index contributed by atoms with van der Waals surface area (Å²) in [6, 6.07) is -0.626. The van der Waals surface area contributed by atoms with Crippen molar-refractivity contribution in [2.75, 3.05) is 13.2 Å². The molecule has 2 unspecified atom stereocenters. The van der Waals surface area contributed by atoms with E-state index < -0.39 is 12.1 Å². The Labute approximate surface area is 563 Å². The van der Waals surface area contributed by atoms with Gasteiger partial charge in [0.05, 0.1) is 25.4 Å². The van der Waals surface area contributed by atoms with Crippen LogP contribution in [0.5, 0.6) is 0 Å². The number of ether oxygens (including phenoxy) is 1. The number of aliphatic hydroxyl groups excluding tert-OH is 2. The van der Waals surface area contributed by atoms with Gasteiger partial charge in [-0.1, -0.05) is 396 Å². The number of esters is 1. The van der Waals surface area contributed by atoms with Crippen LogP contribution in [-0.2, 0) is 14.3 Å². The molecule has 0 aliphatic rings. The zero-order valence-corrected chi connectivity index (χ0v) is 60.9. The van der Waals surface area contributed by atoms with E-state index in [1.807, 2.05) is 6.08 Å². The number of allylic oxidation sites excluding steroid dienone is 7.